The molecular formula is C17H35N3O. The van der Waals surface area contributed by atoms with Crippen LogP contribution in [0, 0.1) is 11.8 Å². The Bertz CT molecular complexity index is 269. The molecule has 0 aliphatic carbocycles. The molecule has 1 amide bonds. The molecule has 4 nitrogen and oxygen atoms in total. The summed E-state index contributed by atoms with van der Waals surface area (Å²) in [6.45, 7) is 9.43. The number of nitrogens with zero attached hydrogens (tertiary/aromatic N) is 1. The molecule has 1 fully saturated rings. The Hall–Kier alpha value is -0.610. The minimum Gasteiger partial charge on any atom is -0.355 e. The Morgan fingerprint density at radius 3 is 2.62 bits per heavy atom. The van der Waals surface area contributed by atoms with E-state index in [0.29, 0.717) is 12.3 Å². The van der Waals surface area contributed by atoms with Crippen LogP contribution in [0.2, 0.25) is 0 Å². The molecule has 0 radical (unpaired) electrons. The molecule has 0 aromatic rings. The summed E-state index contributed by atoms with van der Waals surface area (Å²) in [5, 5.41) is 3.07. The fourth-order valence-electron chi connectivity index (χ4n) is 3.14. The van der Waals surface area contributed by atoms with E-state index in [2.05, 4.69) is 24.1 Å². The van der Waals surface area contributed by atoms with Gasteiger partial charge in [-0.3, -0.25) is 4.79 Å². The zero-order chi connectivity index (χ0) is 15.5. The molecule has 1 atom stereocenters. The van der Waals surface area contributed by atoms with Crippen LogP contribution in [0.3, 0.4) is 0 Å². The summed E-state index contributed by atoms with van der Waals surface area (Å²) >= 11 is 0. The van der Waals surface area contributed by atoms with E-state index >= 15 is 0 Å². The molecular weight excluding hydrogens is 262 g/mol. The molecule has 0 aromatic carbocycles. The van der Waals surface area contributed by atoms with Crippen LogP contribution in [0.5, 0.6) is 0 Å². The lowest BCUT2D eigenvalue weighted by molar-refractivity contribution is -0.121. The van der Waals surface area contributed by atoms with Crippen molar-refractivity contribution < 1.29 is 4.79 Å². The first-order valence-corrected chi connectivity index (χ1v) is 8.84. The van der Waals surface area contributed by atoms with Crippen molar-refractivity contribution in [1.82, 2.24) is 10.2 Å². The van der Waals surface area contributed by atoms with Crippen LogP contribution in [0.1, 0.15) is 58.8 Å². The van der Waals surface area contributed by atoms with E-state index in [0.717, 1.165) is 38.4 Å². The molecule has 1 unspecified atom stereocenters. The van der Waals surface area contributed by atoms with Crippen LogP contribution in [0.15, 0.2) is 0 Å². The number of carbonyl (C=O) groups excluding carboxylic acids is 1. The van der Waals surface area contributed by atoms with Gasteiger partial charge in [-0.25, -0.2) is 0 Å². The monoisotopic (exact) mass is 297 g/mol. The summed E-state index contributed by atoms with van der Waals surface area (Å²) < 4.78 is 0. The fraction of sp³-hybridized carbons (Fsp3) is 0.941. The zero-order valence-corrected chi connectivity index (χ0v) is 14.1. The van der Waals surface area contributed by atoms with Crippen molar-refractivity contribution in [1.29, 1.82) is 0 Å². The van der Waals surface area contributed by atoms with Crippen LogP contribution in [0.25, 0.3) is 0 Å². The van der Waals surface area contributed by atoms with E-state index < -0.39 is 0 Å². The standard InChI is InChI=1S/C17H35N3O/c1-3-4-16(7-10-18)5-6-17(21)19-11-14-20-12-8-15(2)9-13-20/h15-16H,3-14,18H2,1-2H3,(H,19,21). The second kappa shape index (κ2) is 11.0. The Kier molecular flexibility index (Phi) is 9.68. The van der Waals surface area contributed by atoms with Crippen molar-refractivity contribution in [3.63, 3.8) is 0 Å². The van der Waals surface area contributed by atoms with Gasteiger partial charge in [-0.1, -0.05) is 26.7 Å². The topological polar surface area (TPSA) is 58.4 Å². The molecule has 0 bridgehead atoms. The second-order valence-corrected chi connectivity index (χ2v) is 6.64. The summed E-state index contributed by atoms with van der Waals surface area (Å²) in [5.74, 6) is 1.70. The molecule has 124 valence electrons. The third-order valence-electron chi connectivity index (χ3n) is 4.68. The van der Waals surface area contributed by atoms with Gasteiger partial charge in [-0.15, -0.1) is 0 Å². The number of nitrogens with one attached hydrogen (secondary N) is 1. The molecule has 0 spiro atoms. The maximum Gasteiger partial charge on any atom is 0.220 e. The van der Waals surface area contributed by atoms with Crippen molar-refractivity contribution in [2.75, 3.05) is 32.7 Å². The minimum atomic E-state index is 0.207. The van der Waals surface area contributed by atoms with E-state index in [1.54, 1.807) is 0 Å². The lowest BCUT2D eigenvalue weighted by atomic mass is 9.94. The zero-order valence-electron chi connectivity index (χ0n) is 14.1. The minimum absolute atomic E-state index is 0.207. The largest absolute Gasteiger partial charge is 0.355 e. The van der Waals surface area contributed by atoms with Gasteiger partial charge in [-0.2, -0.15) is 0 Å². The Labute approximate surface area is 130 Å². The average Bonchev–Trinajstić information content (AvgIpc) is 2.47. The highest BCUT2D eigenvalue weighted by molar-refractivity contribution is 5.75. The Morgan fingerprint density at radius 1 is 1.29 bits per heavy atom. The molecule has 4 heteroatoms. The Balaban J connectivity index is 2.07. The molecule has 0 saturated carbocycles. The van der Waals surface area contributed by atoms with Crippen molar-refractivity contribution >= 4 is 5.91 Å². The maximum atomic E-state index is 11.9. The number of nitrogens with two attached hydrogens (primary N) is 1. The van der Waals surface area contributed by atoms with Gasteiger partial charge in [0.05, 0.1) is 0 Å². The number of carbonyl (C=O) groups is 1. The smallest absolute Gasteiger partial charge is 0.220 e. The third-order valence-corrected chi connectivity index (χ3v) is 4.68. The number of hydrogen-bond acceptors (Lipinski definition) is 3. The van der Waals surface area contributed by atoms with Crippen LogP contribution in [-0.2, 0) is 4.79 Å². The van der Waals surface area contributed by atoms with Crippen LogP contribution >= 0.6 is 0 Å². The number of rotatable bonds is 10. The second-order valence-electron chi connectivity index (χ2n) is 6.64. The van der Waals surface area contributed by atoms with Crippen LogP contribution in [-0.4, -0.2) is 43.5 Å². The van der Waals surface area contributed by atoms with Crippen LogP contribution < -0.4 is 11.1 Å². The highest BCUT2D eigenvalue weighted by Crippen LogP contribution is 2.17. The molecule has 0 aromatic heterocycles. The first-order valence-electron chi connectivity index (χ1n) is 8.84. The van der Waals surface area contributed by atoms with Gasteiger partial charge in [0, 0.05) is 19.5 Å². The number of hydrogen-bond donors (Lipinski definition) is 2. The maximum absolute atomic E-state index is 11.9. The van der Waals surface area contributed by atoms with Gasteiger partial charge >= 0.3 is 0 Å². The van der Waals surface area contributed by atoms with Crippen molar-refractivity contribution in [2.24, 2.45) is 17.6 Å². The van der Waals surface area contributed by atoms with Gasteiger partial charge in [0.15, 0.2) is 0 Å². The molecule has 21 heavy (non-hydrogen) atoms. The van der Waals surface area contributed by atoms with E-state index in [4.69, 9.17) is 5.73 Å². The molecule has 1 aliphatic heterocycles. The highest BCUT2D eigenvalue weighted by atomic mass is 16.1. The van der Waals surface area contributed by atoms with E-state index in [9.17, 15) is 4.79 Å². The van der Waals surface area contributed by atoms with Crippen molar-refractivity contribution in [3.8, 4) is 0 Å². The summed E-state index contributed by atoms with van der Waals surface area (Å²) in [5.41, 5.74) is 5.63. The van der Waals surface area contributed by atoms with Gasteiger partial charge < -0.3 is 16.0 Å². The fourth-order valence-corrected chi connectivity index (χ4v) is 3.14. The van der Waals surface area contributed by atoms with E-state index in [-0.39, 0.29) is 5.91 Å². The number of amides is 1. The lowest BCUT2D eigenvalue weighted by Gasteiger charge is -2.30. The summed E-state index contributed by atoms with van der Waals surface area (Å²) in [6.07, 6.45) is 7.65. The predicted molar refractivity (Wildman–Crippen MR) is 89.2 cm³/mol. The number of piperidine rings is 1. The predicted octanol–water partition coefficient (Wildman–Crippen LogP) is 2.38. The number of likely N-dealkylation sites (tertiary alicyclic amines) is 1. The van der Waals surface area contributed by atoms with Gasteiger partial charge in [-0.05, 0) is 57.2 Å². The highest BCUT2D eigenvalue weighted by Gasteiger charge is 2.15. The Morgan fingerprint density at radius 2 is 2.00 bits per heavy atom. The summed E-state index contributed by atoms with van der Waals surface area (Å²) in [4.78, 5) is 14.4. The molecule has 1 rings (SSSR count). The lowest BCUT2D eigenvalue weighted by Crippen LogP contribution is -2.39. The first kappa shape index (κ1) is 18.4. The van der Waals surface area contributed by atoms with Gasteiger partial charge in [0.25, 0.3) is 0 Å². The normalized spacial score (nSPS) is 18.6. The summed E-state index contributed by atoms with van der Waals surface area (Å²) in [6, 6.07) is 0. The quantitative estimate of drug-likeness (QED) is 0.651. The van der Waals surface area contributed by atoms with E-state index in [1.165, 1.54) is 38.8 Å². The summed E-state index contributed by atoms with van der Waals surface area (Å²) in [7, 11) is 0. The average molecular weight is 297 g/mol. The molecule has 1 heterocycles. The molecule has 3 N–H and O–H groups in total. The SMILES string of the molecule is CCCC(CCN)CCC(=O)NCCN1CCC(C)CC1. The van der Waals surface area contributed by atoms with Crippen molar-refractivity contribution in [2.45, 2.75) is 58.8 Å². The molecule has 1 aliphatic rings. The first-order chi connectivity index (χ1) is 10.2. The van der Waals surface area contributed by atoms with Crippen LogP contribution in [0.4, 0.5) is 0 Å². The van der Waals surface area contributed by atoms with Gasteiger partial charge in [0.2, 0.25) is 5.91 Å². The third kappa shape index (κ3) is 8.42. The van der Waals surface area contributed by atoms with Crippen molar-refractivity contribution in [3.05, 3.63) is 0 Å². The molecule has 1 saturated heterocycles. The van der Waals surface area contributed by atoms with E-state index in [1.807, 2.05) is 0 Å². The van der Waals surface area contributed by atoms with Gasteiger partial charge in [0.1, 0.15) is 0 Å².